The van der Waals surface area contributed by atoms with Crippen molar-refractivity contribution in [2.24, 2.45) is 5.92 Å². The van der Waals surface area contributed by atoms with E-state index in [1.54, 1.807) is 35.1 Å². The summed E-state index contributed by atoms with van der Waals surface area (Å²) in [5.74, 6) is 0.662. The summed E-state index contributed by atoms with van der Waals surface area (Å²) in [5.41, 5.74) is 1.36. The van der Waals surface area contributed by atoms with Gasteiger partial charge in [0, 0.05) is 56.4 Å². The molecule has 0 aromatic heterocycles. The number of nitrogens with zero attached hydrogens (tertiary/aromatic N) is 3. The molecule has 0 saturated carbocycles. The Labute approximate surface area is 194 Å². The number of methoxy groups -OCH3 is 1. The third-order valence-corrected chi connectivity index (χ3v) is 6.35. The molecule has 174 valence electrons. The Morgan fingerprint density at radius 3 is 2.15 bits per heavy atom. The molecule has 2 aliphatic heterocycles. The molecule has 2 aromatic carbocycles. The van der Waals surface area contributed by atoms with E-state index < -0.39 is 0 Å². The number of carbonyl (C=O) groups is 3. The molecule has 2 saturated heterocycles. The van der Waals surface area contributed by atoms with Gasteiger partial charge in [-0.05, 0) is 43.2 Å². The maximum Gasteiger partial charge on any atom is 0.321 e. The van der Waals surface area contributed by atoms with Gasteiger partial charge in [0.2, 0.25) is 5.91 Å². The van der Waals surface area contributed by atoms with Gasteiger partial charge in [0.05, 0.1) is 7.11 Å². The molecule has 2 aliphatic rings. The van der Waals surface area contributed by atoms with Crippen LogP contribution in [0.25, 0.3) is 0 Å². The van der Waals surface area contributed by atoms with E-state index in [4.69, 9.17) is 4.74 Å². The second kappa shape index (κ2) is 10.4. The van der Waals surface area contributed by atoms with Crippen molar-refractivity contribution in [1.29, 1.82) is 0 Å². The van der Waals surface area contributed by atoms with Gasteiger partial charge in [0.15, 0.2) is 0 Å². The Morgan fingerprint density at radius 2 is 1.48 bits per heavy atom. The first-order chi connectivity index (χ1) is 16.0. The first-order valence-corrected chi connectivity index (χ1v) is 11.4. The van der Waals surface area contributed by atoms with Gasteiger partial charge < -0.3 is 24.8 Å². The number of amides is 4. The molecule has 2 fully saturated rings. The van der Waals surface area contributed by atoms with Crippen LogP contribution in [0, 0.1) is 5.92 Å². The average Bonchev–Trinajstić information content (AvgIpc) is 2.88. The SMILES string of the molecule is COc1cccc(C(=O)N2CCN(C(=O)C3CCN(C(=O)Nc4ccccc4)CC3)CC2)c1. The molecule has 4 rings (SSSR count). The topological polar surface area (TPSA) is 82.2 Å². The van der Waals surface area contributed by atoms with Crippen LogP contribution < -0.4 is 10.1 Å². The van der Waals surface area contributed by atoms with Gasteiger partial charge in [-0.15, -0.1) is 0 Å². The zero-order valence-electron chi connectivity index (χ0n) is 18.9. The van der Waals surface area contributed by atoms with Crippen LogP contribution in [-0.2, 0) is 4.79 Å². The predicted molar refractivity (Wildman–Crippen MR) is 125 cm³/mol. The van der Waals surface area contributed by atoms with Crippen molar-refractivity contribution >= 4 is 23.5 Å². The van der Waals surface area contributed by atoms with E-state index in [9.17, 15) is 14.4 Å². The number of hydrogen-bond donors (Lipinski definition) is 1. The van der Waals surface area contributed by atoms with Crippen LogP contribution in [0.5, 0.6) is 5.75 Å². The molecule has 2 heterocycles. The normalized spacial score (nSPS) is 16.9. The number of anilines is 1. The lowest BCUT2D eigenvalue weighted by atomic mass is 9.95. The van der Waals surface area contributed by atoms with Gasteiger partial charge >= 0.3 is 6.03 Å². The van der Waals surface area contributed by atoms with E-state index >= 15 is 0 Å². The number of piperazine rings is 1. The molecule has 33 heavy (non-hydrogen) atoms. The van der Waals surface area contributed by atoms with Gasteiger partial charge in [-0.1, -0.05) is 24.3 Å². The minimum atomic E-state index is -0.128. The van der Waals surface area contributed by atoms with Crippen molar-refractivity contribution in [2.45, 2.75) is 12.8 Å². The van der Waals surface area contributed by atoms with Crippen molar-refractivity contribution in [3.63, 3.8) is 0 Å². The molecule has 0 spiro atoms. The Balaban J connectivity index is 1.24. The lowest BCUT2D eigenvalue weighted by Crippen LogP contribution is -2.53. The van der Waals surface area contributed by atoms with E-state index in [1.807, 2.05) is 41.3 Å². The lowest BCUT2D eigenvalue weighted by Gasteiger charge is -2.38. The van der Waals surface area contributed by atoms with Crippen molar-refractivity contribution in [2.75, 3.05) is 51.7 Å². The molecule has 0 radical (unpaired) electrons. The highest BCUT2D eigenvalue weighted by molar-refractivity contribution is 5.95. The maximum atomic E-state index is 13.0. The highest BCUT2D eigenvalue weighted by Crippen LogP contribution is 2.22. The fraction of sp³-hybridized carbons (Fsp3) is 0.400. The molecule has 1 N–H and O–H groups in total. The van der Waals surface area contributed by atoms with Crippen LogP contribution in [0.2, 0.25) is 0 Å². The van der Waals surface area contributed by atoms with E-state index in [1.165, 1.54) is 0 Å². The first-order valence-electron chi connectivity index (χ1n) is 11.4. The van der Waals surface area contributed by atoms with Crippen molar-refractivity contribution in [3.05, 3.63) is 60.2 Å². The Kier molecular flexibility index (Phi) is 7.12. The van der Waals surface area contributed by atoms with Gasteiger partial charge in [0.25, 0.3) is 5.91 Å². The molecular formula is C25H30N4O4. The van der Waals surface area contributed by atoms with Crippen molar-refractivity contribution in [1.82, 2.24) is 14.7 Å². The number of hydrogen-bond acceptors (Lipinski definition) is 4. The molecule has 0 bridgehead atoms. The molecule has 4 amide bonds. The van der Waals surface area contributed by atoms with E-state index in [2.05, 4.69) is 5.32 Å². The third kappa shape index (κ3) is 5.45. The lowest BCUT2D eigenvalue weighted by molar-refractivity contribution is -0.138. The van der Waals surface area contributed by atoms with Crippen molar-refractivity contribution < 1.29 is 19.1 Å². The van der Waals surface area contributed by atoms with Crippen LogP contribution in [-0.4, -0.2) is 78.9 Å². The smallest absolute Gasteiger partial charge is 0.321 e. The number of benzene rings is 2. The summed E-state index contributed by atoms with van der Waals surface area (Å²) in [6.07, 6.45) is 1.31. The molecule has 8 nitrogen and oxygen atoms in total. The summed E-state index contributed by atoms with van der Waals surface area (Å²) in [4.78, 5) is 43.7. The standard InChI is InChI=1S/C25H30N4O4/c1-33-22-9-5-6-20(18-22)24(31)28-16-14-27(15-17-28)23(30)19-10-12-29(13-11-19)25(32)26-21-7-3-2-4-8-21/h2-9,18-19H,10-17H2,1H3,(H,26,32). The number of urea groups is 1. The number of carbonyl (C=O) groups excluding carboxylic acids is 3. The van der Waals surface area contributed by atoms with Crippen LogP contribution in [0.15, 0.2) is 54.6 Å². The molecule has 0 atom stereocenters. The Bertz CT molecular complexity index is 981. The zero-order valence-corrected chi connectivity index (χ0v) is 18.9. The molecular weight excluding hydrogens is 420 g/mol. The second-order valence-corrected chi connectivity index (χ2v) is 8.41. The zero-order chi connectivity index (χ0) is 23.2. The van der Waals surface area contributed by atoms with Gasteiger partial charge in [0.1, 0.15) is 5.75 Å². The summed E-state index contributed by atoms with van der Waals surface area (Å²) in [6, 6.07) is 16.4. The molecule has 0 unspecified atom stereocenters. The summed E-state index contributed by atoms with van der Waals surface area (Å²) in [7, 11) is 1.58. The minimum Gasteiger partial charge on any atom is -0.497 e. The molecule has 2 aromatic rings. The van der Waals surface area contributed by atoms with Crippen LogP contribution in [0.1, 0.15) is 23.2 Å². The van der Waals surface area contributed by atoms with Gasteiger partial charge in [-0.2, -0.15) is 0 Å². The summed E-state index contributed by atoms with van der Waals surface area (Å²) < 4.78 is 5.21. The summed E-state index contributed by atoms with van der Waals surface area (Å²) in [6.45, 7) is 3.21. The van der Waals surface area contributed by atoms with Crippen LogP contribution >= 0.6 is 0 Å². The highest BCUT2D eigenvalue weighted by Gasteiger charge is 2.32. The number of nitrogens with one attached hydrogen (secondary N) is 1. The van der Waals surface area contributed by atoms with E-state index in [0.29, 0.717) is 63.4 Å². The molecule has 0 aliphatic carbocycles. The fourth-order valence-corrected chi connectivity index (χ4v) is 4.38. The second-order valence-electron chi connectivity index (χ2n) is 8.41. The number of para-hydroxylation sites is 1. The van der Waals surface area contributed by atoms with Crippen LogP contribution in [0.3, 0.4) is 0 Å². The minimum absolute atomic E-state index is 0.0428. The molecule has 8 heteroatoms. The largest absolute Gasteiger partial charge is 0.497 e. The number of rotatable bonds is 4. The fourth-order valence-electron chi connectivity index (χ4n) is 4.38. The quantitative estimate of drug-likeness (QED) is 0.777. The highest BCUT2D eigenvalue weighted by atomic mass is 16.5. The van der Waals surface area contributed by atoms with E-state index in [-0.39, 0.29) is 23.8 Å². The number of likely N-dealkylation sites (tertiary alicyclic amines) is 1. The van der Waals surface area contributed by atoms with Gasteiger partial charge in [-0.25, -0.2) is 4.79 Å². The number of ether oxygens (including phenoxy) is 1. The number of piperidine rings is 1. The third-order valence-electron chi connectivity index (χ3n) is 6.35. The van der Waals surface area contributed by atoms with Crippen LogP contribution in [0.4, 0.5) is 10.5 Å². The van der Waals surface area contributed by atoms with Crippen molar-refractivity contribution in [3.8, 4) is 5.75 Å². The maximum absolute atomic E-state index is 13.0. The van der Waals surface area contributed by atoms with E-state index in [0.717, 1.165) is 5.69 Å². The Hall–Kier alpha value is -3.55. The average molecular weight is 451 g/mol. The predicted octanol–water partition coefficient (Wildman–Crippen LogP) is 2.92. The first kappa shape index (κ1) is 22.6. The monoisotopic (exact) mass is 450 g/mol. The summed E-state index contributed by atoms with van der Waals surface area (Å²) in [5, 5.41) is 2.90. The Morgan fingerprint density at radius 1 is 0.818 bits per heavy atom. The summed E-state index contributed by atoms with van der Waals surface area (Å²) >= 11 is 0. The van der Waals surface area contributed by atoms with Gasteiger partial charge in [-0.3, -0.25) is 9.59 Å².